The fourth-order valence-electron chi connectivity index (χ4n) is 3.39. The quantitative estimate of drug-likeness (QED) is 0.458. The fraction of sp³-hybridized carbons (Fsp3) is 0.609. The molecule has 0 aromatic carbocycles. The van der Waals surface area contributed by atoms with Gasteiger partial charge in [-0.2, -0.15) is 22.0 Å². The topological polar surface area (TPSA) is 87.9 Å². The maximum absolute atomic E-state index is 12.2. The Labute approximate surface area is 205 Å². The van der Waals surface area contributed by atoms with Crippen LogP contribution < -0.4 is 5.32 Å². The van der Waals surface area contributed by atoms with Gasteiger partial charge in [0.15, 0.2) is 0 Å². The van der Waals surface area contributed by atoms with E-state index in [0.717, 1.165) is 29.8 Å². The van der Waals surface area contributed by atoms with Crippen LogP contribution in [0.5, 0.6) is 0 Å². The Morgan fingerprint density at radius 1 is 1.11 bits per heavy atom. The minimum atomic E-state index is -5.61. The Morgan fingerprint density at radius 3 is 2.22 bits per heavy atom. The van der Waals surface area contributed by atoms with Crippen molar-refractivity contribution in [1.82, 2.24) is 20.1 Å². The minimum Gasteiger partial charge on any atom is -0.459 e. The highest BCUT2D eigenvalue weighted by Crippen LogP contribution is 2.35. The van der Waals surface area contributed by atoms with E-state index in [1.165, 1.54) is 5.32 Å². The third-order valence-corrected chi connectivity index (χ3v) is 5.46. The Hall–Kier alpha value is -2.96. The van der Waals surface area contributed by atoms with Crippen LogP contribution in [0.3, 0.4) is 0 Å². The van der Waals surface area contributed by atoms with Gasteiger partial charge in [0.2, 0.25) is 6.41 Å². The number of ether oxygens (including phenoxy) is 1. The van der Waals surface area contributed by atoms with Crippen LogP contribution in [0.2, 0.25) is 0 Å². The standard InChI is InChI=1S/C19H27N3O3.C4H4F5NO/c1-18(2,3)25-17(23)21-8-10-22(11-9-21)19(4,5)16-12-14-13-20-7-6-15(14)24-16;5-3(6,1-10-2-11)4(7,8)9/h6-7,12-13H,8-11H2,1-5H3;2H,1H2,(H,10,11). The van der Waals surface area contributed by atoms with Gasteiger partial charge in [-0.25, -0.2) is 4.79 Å². The number of pyridine rings is 1. The van der Waals surface area contributed by atoms with E-state index < -0.39 is 24.2 Å². The molecule has 0 unspecified atom stereocenters. The number of fused-ring (bicyclic) bond motifs is 1. The highest BCUT2D eigenvalue weighted by atomic mass is 19.4. The van der Waals surface area contributed by atoms with Crippen LogP contribution in [-0.4, -0.2) is 77.7 Å². The molecule has 2 aromatic heterocycles. The second-order valence-corrected chi connectivity index (χ2v) is 9.74. The summed E-state index contributed by atoms with van der Waals surface area (Å²) in [6.07, 6.45) is -2.51. The van der Waals surface area contributed by atoms with Crippen molar-refractivity contribution in [2.24, 2.45) is 0 Å². The Bertz CT molecular complexity index is 992. The predicted octanol–water partition coefficient (Wildman–Crippen LogP) is 4.55. The van der Waals surface area contributed by atoms with Crippen LogP contribution in [0.1, 0.15) is 40.4 Å². The van der Waals surface area contributed by atoms with Crippen LogP contribution >= 0.6 is 0 Å². The maximum Gasteiger partial charge on any atom is 0.455 e. The number of furan rings is 1. The molecular weight excluding hydrogens is 491 g/mol. The largest absolute Gasteiger partial charge is 0.459 e. The van der Waals surface area contributed by atoms with E-state index >= 15 is 0 Å². The first-order chi connectivity index (χ1) is 16.5. The Morgan fingerprint density at radius 2 is 1.72 bits per heavy atom. The first-order valence-electron chi connectivity index (χ1n) is 11.2. The second kappa shape index (κ2) is 11.0. The summed E-state index contributed by atoms with van der Waals surface area (Å²) in [5.74, 6) is -3.94. The lowest BCUT2D eigenvalue weighted by molar-refractivity contribution is -0.278. The predicted molar refractivity (Wildman–Crippen MR) is 121 cm³/mol. The van der Waals surface area contributed by atoms with E-state index in [1.807, 2.05) is 33.0 Å². The van der Waals surface area contributed by atoms with Gasteiger partial charge < -0.3 is 19.4 Å². The fourth-order valence-corrected chi connectivity index (χ4v) is 3.39. The van der Waals surface area contributed by atoms with E-state index in [2.05, 4.69) is 29.8 Å². The van der Waals surface area contributed by atoms with Crippen LogP contribution in [0.15, 0.2) is 28.9 Å². The van der Waals surface area contributed by atoms with E-state index in [-0.39, 0.29) is 18.0 Å². The molecule has 0 spiro atoms. The van der Waals surface area contributed by atoms with Crippen molar-refractivity contribution >= 4 is 23.5 Å². The van der Waals surface area contributed by atoms with Crippen molar-refractivity contribution in [2.45, 2.75) is 57.9 Å². The summed E-state index contributed by atoms with van der Waals surface area (Å²) in [6.45, 7) is 11.1. The molecule has 2 aromatic rings. The molecule has 36 heavy (non-hydrogen) atoms. The smallest absolute Gasteiger partial charge is 0.455 e. The molecule has 0 bridgehead atoms. The van der Waals surface area contributed by atoms with Crippen molar-refractivity contribution in [3.05, 3.63) is 30.3 Å². The molecule has 1 saturated heterocycles. The van der Waals surface area contributed by atoms with Gasteiger partial charge in [0.1, 0.15) is 16.9 Å². The number of piperazine rings is 1. The van der Waals surface area contributed by atoms with Crippen LogP contribution in [-0.2, 0) is 15.1 Å². The number of aromatic nitrogens is 1. The summed E-state index contributed by atoms with van der Waals surface area (Å²) in [7, 11) is 0. The van der Waals surface area contributed by atoms with E-state index in [4.69, 9.17) is 9.15 Å². The van der Waals surface area contributed by atoms with E-state index in [1.54, 1.807) is 11.1 Å². The molecule has 2 amide bonds. The molecule has 8 nitrogen and oxygen atoms in total. The molecule has 1 fully saturated rings. The average molecular weight is 523 g/mol. The number of carbonyl (C=O) groups excluding carboxylic acids is 2. The maximum atomic E-state index is 12.2. The molecule has 1 aliphatic heterocycles. The molecule has 3 rings (SSSR count). The van der Waals surface area contributed by atoms with Crippen LogP contribution in [0.25, 0.3) is 11.0 Å². The average Bonchev–Trinajstić information content (AvgIpc) is 3.22. The SMILES string of the molecule is CC(C)(C)OC(=O)N1CCN(C(C)(C)c2cc3cnccc3o2)CC1.O=CNCC(F)(F)C(F)(F)F. The number of hydrogen-bond acceptors (Lipinski definition) is 6. The van der Waals surface area contributed by atoms with Crippen molar-refractivity contribution in [1.29, 1.82) is 0 Å². The van der Waals surface area contributed by atoms with Crippen molar-refractivity contribution in [3.8, 4) is 0 Å². The molecule has 0 saturated carbocycles. The summed E-state index contributed by atoms with van der Waals surface area (Å²) in [4.78, 5) is 29.9. The zero-order valence-electron chi connectivity index (χ0n) is 20.8. The van der Waals surface area contributed by atoms with Gasteiger partial charge in [0.05, 0.1) is 12.1 Å². The third-order valence-electron chi connectivity index (χ3n) is 5.46. The molecule has 0 atom stereocenters. The van der Waals surface area contributed by atoms with Crippen LogP contribution in [0, 0.1) is 0 Å². The van der Waals surface area contributed by atoms with Gasteiger partial charge in [-0.15, -0.1) is 0 Å². The summed E-state index contributed by atoms with van der Waals surface area (Å²) < 4.78 is 68.8. The van der Waals surface area contributed by atoms with Gasteiger partial charge in [-0.3, -0.25) is 14.7 Å². The summed E-state index contributed by atoms with van der Waals surface area (Å²) in [5, 5.41) is 2.26. The zero-order chi connectivity index (χ0) is 27.4. The number of amides is 2. The molecule has 0 aliphatic carbocycles. The van der Waals surface area contributed by atoms with Gasteiger partial charge >= 0.3 is 18.2 Å². The van der Waals surface area contributed by atoms with Crippen LogP contribution in [0.4, 0.5) is 26.7 Å². The normalized spacial score (nSPS) is 15.8. The molecule has 0 radical (unpaired) electrons. The second-order valence-electron chi connectivity index (χ2n) is 9.74. The summed E-state index contributed by atoms with van der Waals surface area (Å²) in [6, 6.07) is 3.94. The van der Waals surface area contributed by atoms with E-state index in [9.17, 15) is 31.5 Å². The van der Waals surface area contributed by atoms with Crippen molar-refractivity contribution in [2.75, 3.05) is 32.7 Å². The number of nitrogens with zero attached hydrogens (tertiary/aromatic N) is 3. The lowest BCUT2D eigenvalue weighted by atomic mass is 9.98. The summed E-state index contributed by atoms with van der Waals surface area (Å²) >= 11 is 0. The molecule has 13 heteroatoms. The van der Waals surface area contributed by atoms with E-state index in [0.29, 0.717) is 13.1 Å². The van der Waals surface area contributed by atoms with Gasteiger partial charge in [-0.05, 0) is 46.8 Å². The lowest BCUT2D eigenvalue weighted by Crippen LogP contribution is -2.55. The number of rotatable bonds is 5. The zero-order valence-corrected chi connectivity index (χ0v) is 20.8. The lowest BCUT2D eigenvalue weighted by Gasteiger charge is -2.43. The first kappa shape index (κ1) is 29.3. The highest BCUT2D eigenvalue weighted by molar-refractivity contribution is 5.76. The van der Waals surface area contributed by atoms with Crippen molar-refractivity contribution < 1.29 is 40.7 Å². The van der Waals surface area contributed by atoms with Crippen molar-refractivity contribution in [3.63, 3.8) is 0 Å². The number of hydrogen-bond donors (Lipinski definition) is 1. The number of carbonyl (C=O) groups is 2. The van der Waals surface area contributed by atoms with Gasteiger partial charge in [0.25, 0.3) is 0 Å². The first-order valence-corrected chi connectivity index (χ1v) is 11.2. The van der Waals surface area contributed by atoms with Gasteiger partial charge in [0, 0.05) is 44.0 Å². The molecule has 1 aliphatic rings. The monoisotopic (exact) mass is 522 g/mol. The molecule has 3 heterocycles. The molecule has 202 valence electrons. The highest BCUT2D eigenvalue weighted by Gasteiger charge is 2.57. The molecule has 1 N–H and O–H groups in total. The Balaban J connectivity index is 0.000000352. The Kier molecular flexibility index (Phi) is 8.92. The third kappa shape index (κ3) is 7.52. The minimum absolute atomic E-state index is 0.223. The summed E-state index contributed by atoms with van der Waals surface area (Å²) in [5.41, 5.74) is 0.139. The number of halogens is 5. The number of nitrogens with one attached hydrogen (secondary N) is 1. The number of alkyl halides is 5. The van der Waals surface area contributed by atoms with Gasteiger partial charge in [-0.1, -0.05) is 0 Å². The molecular formula is C23H31F5N4O4.